The van der Waals surface area contributed by atoms with Gasteiger partial charge in [-0.05, 0) is 30.0 Å². The summed E-state index contributed by atoms with van der Waals surface area (Å²) in [5.41, 5.74) is 1.17. The number of hydrogen-bond donors (Lipinski definition) is 2. The van der Waals surface area contributed by atoms with Crippen LogP contribution in [0.25, 0.3) is 0 Å². The first-order valence-electron chi connectivity index (χ1n) is 8.95. The quantitative estimate of drug-likeness (QED) is 0.369. The molecule has 2 N–H and O–H groups in total. The standard InChI is InChI=1S/C20H32N4O3/c1-7-10-21-20(23-14-19(25)24(3)4)22-13-15(2)11-16-8-9-17(26-5)18(12-16)27-6/h7-9,12,15H,1,10-11,13-14H2,2-6H3,(H2,21,22,23). The number of nitrogens with zero attached hydrogens (tertiary/aromatic N) is 2. The van der Waals surface area contributed by atoms with Crippen molar-refractivity contribution in [1.82, 2.24) is 15.5 Å². The zero-order valence-corrected chi connectivity index (χ0v) is 17.0. The van der Waals surface area contributed by atoms with Crippen molar-refractivity contribution in [3.05, 3.63) is 36.4 Å². The molecule has 0 aliphatic heterocycles. The van der Waals surface area contributed by atoms with Gasteiger partial charge in [0.05, 0.1) is 14.2 Å². The molecule has 1 unspecified atom stereocenters. The zero-order valence-electron chi connectivity index (χ0n) is 17.0. The summed E-state index contributed by atoms with van der Waals surface area (Å²) in [4.78, 5) is 17.6. The maximum absolute atomic E-state index is 11.7. The minimum atomic E-state index is -0.0481. The summed E-state index contributed by atoms with van der Waals surface area (Å²) < 4.78 is 10.6. The van der Waals surface area contributed by atoms with E-state index >= 15 is 0 Å². The Morgan fingerprint density at radius 2 is 1.96 bits per heavy atom. The second-order valence-corrected chi connectivity index (χ2v) is 6.50. The molecule has 7 heteroatoms. The molecule has 0 saturated carbocycles. The highest BCUT2D eigenvalue weighted by molar-refractivity contribution is 5.84. The summed E-state index contributed by atoms with van der Waals surface area (Å²) in [6.07, 6.45) is 2.62. The third-order valence-corrected chi connectivity index (χ3v) is 3.94. The Balaban J connectivity index is 2.64. The van der Waals surface area contributed by atoms with E-state index in [0.717, 1.165) is 17.9 Å². The molecule has 0 aliphatic rings. The van der Waals surface area contributed by atoms with E-state index in [1.54, 1.807) is 34.4 Å². The van der Waals surface area contributed by atoms with Gasteiger partial charge in [0.15, 0.2) is 17.5 Å². The van der Waals surface area contributed by atoms with Crippen LogP contribution >= 0.6 is 0 Å². The van der Waals surface area contributed by atoms with Gasteiger partial charge < -0.3 is 25.0 Å². The average Bonchev–Trinajstić information content (AvgIpc) is 2.66. The van der Waals surface area contributed by atoms with Crippen LogP contribution in [0.15, 0.2) is 35.8 Å². The van der Waals surface area contributed by atoms with Gasteiger partial charge in [-0.15, -0.1) is 6.58 Å². The Labute approximate surface area is 162 Å². The minimum Gasteiger partial charge on any atom is -0.493 e. The van der Waals surface area contributed by atoms with E-state index in [4.69, 9.17) is 9.47 Å². The number of likely N-dealkylation sites (N-methyl/N-ethyl adjacent to an activating group) is 1. The largest absolute Gasteiger partial charge is 0.493 e. The van der Waals surface area contributed by atoms with Crippen molar-refractivity contribution in [1.29, 1.82) is 0 Å². The van der Waals surface area contributed by atoms with Crippen LogP contribution in [0.5, 0.6) is 11.5 Å². The van der Waals surface area contributed by atoms with Crippen LogP contribution in [-0.4, -0.2) is 64.7 Å². The third-order valence-electron chi connectivity index (χ3n) is 3.94. The molecule has 1 aromatic rings. The topological polar surface area (TPSA) is 75.2 Å². The van der Waals surface area contributed by atoms with Gasteiger partial charge >= 0.3 is 0 Å². The lowest BCUT2D eigenvalue weighted by molar-refractivity contribution is -0.127. The van der Waals surface area contributed by atoms with Crippen molar-refractivity contribution >= 4 is 11.9 Å². The summed E-state index contributed by atoms with van der Waals surface area (Å²) in [5.74, 6) is 2.36. The Bertz CT molecular complexity index is 644. The number of amides is 1. The number of ether oxygens (including phenoxy) is 2. The van der Waals surface area contributed by atoms with Gasteiger partial charge in [-0.2, -0.15) is 0 Å². The molecule has 1 atom stereocenters. The van der Waals surface area contributed by atoms with Gasteiger partial charge in [0.1, 0.15) is 6.54 Å². The number of benzene rings is 1. The molecule has 0 radical (unpaired) electrons. The smallest absolute Gasteiger partial charge is 0.243 e. The van der Waals surface area contributed by atoms with Gasteiger partial charge in [0.25, 0.3) is 0 Å². The molecule has 150 valence electrons. The lowest BCUT2D eigenvalue weighted by atomic mass is 10.0. The summed E-state index contributed by atoms with van der Waals surface area (Å²) in [6.45, 7) is 7.24. The molecule has 0 heterocycles. The lowest BCUT2D eigenvalue weighted by Crippen LogP contribution is -2.40. The first kappa shape index (κ1) is 22.3. The Hall–Kier alpha value is -2.70. The second kappa shape index (κ2) is 11.8. The monoisotopic (exact) mass is 376 g/mol. The number of guanidine groups is 1. The predicted octanol–water partition coefficient (Wildman–Crippen LogP) is 1.69. The highest BCUT2D eigenvalue weighted by Crippen LogP contribution is 2.28. The fraction of sp³-hybridized carbons (Fsp3) is 0.500. The number of carbonyl (C=O) groups excluding carboxylic acids is 1. The van der Waals surface area contributed by atoms with E-state index in [1.165, 1.54) is 10.5 Å². The van der Waals surface area contributed by atoms with Crippen LogP contribution in [0.1, 0.15) is 12.5 Å². The molecule has 1 rings (SSSR count). The molecule has 0 fully saturated rings. The number of hydrogen-bond acceptors (Lipinski definition) is 4. The summed E-state index contributed by atoms with van der Waals surface area (Å²) >= 11 is 0. The molecule has 0 spiro atoms. The fourth-order valence-electron chi connectivity index (χ4n) is 2.38. The van der Waals surface area contributed by atoms with Gasteiger partial charge in [-0.1, -0.05) is 19.1 Å². The number of aliphatic imine (C=N–C) groups is 1. The van der Waals surface area contributed by atoms with E-state index in [9.17, 15) is 4.79 Å². The first-order valence-corrected chi connectivity index (χ1v) is 8.95. The number of nitrogens with one attached hydrogen (secondary N) is 2. The molecule has 27 heavy (non-hydrogen) atoms. The van der Waals surface area contributed by atoms with E-state index in [0.29, 0.717) is 25.0 Å². The van der Waals surface area contributed by atoms with Crippen LogP contribution in [0, 0.1) is 5.92 Å². The van der Waals surface area contributed by atoms with Crippen molar-refractivity contribution in [2.75, 3.05) is 47.9 Å². The van der Waals surface area contributed by atoms with E-state index in [2.05, 4.69) is 29.1 Å². The van der Waals surface area contributed by atoms with Crippen molar-refractivity contribution in [3.8, 4) is 11.5 Å². The third kappa shape index (κ3) is 8.02. The molecule has 0 aromatic heterocycles. The maximum atomic E-state index is 11.7. The number of carbonyl (C=O) groups is 1. The van der Waals surface area contributed by atoms with Gasteiger partial charge in [-0.25, -0.2) is 4.99 Å². The molecule has 1 amide bonds. The highest BCUT2D eigenvalue weighted by Gasteiger charge is 2.10. The maximum Gasteiger partial charge on any atom is 0.243 e. The van der Waals surface area contributed by atoms with Crippen molar-refractivity contribution in [3.63, 3.8) is 0 Å². The Morgan fingerprint density at radius 3 is 2.56 bits per heavy atom. The molecular formula is C20H32N4O3. The van der Waals surface area contributed by atoms with Gasteiger partial charge in [-0.3, -0.25) is 4.79 Å². The molecule has 0 aliphatic carbocycles. The Morgan fingerprint density at radius 1 is 1.26 bits per heavy atom. The van der Waals surface area contributed by atoms with Crippen LogP contribution in [-0.2, 0) is 11.2 Å². The van der Waals surface area contributed by atoms with Crippen molar-refractivity contribution in [2.45, 2.75) is 13.3 Å². The molecular weight excluding hydrogens is 344 g/mol. The van der Waals surface area contributed by atoms with E-state index in [1.807, 2.05) is 18.2 Å². The number of methoxy groups -OCH3 is 2. The molecule has 1 aromatic carbocycles. The number of rotatable bonds is 10. The zero-order chi connectivity index (χ0) is 20.2. The van der Waals surface area contributed by atoms with E-state index in [-0.39, 0.29) is 12.5 Å². The SMILES string of the molecule is C=CCNC(=NCC(=O)N(C)C)NCC(C)Cc1ccc(OC)c(OC)c1. The Kier molecular flexibility index (Phi) is 9.79. The summed E-state index contributed by atoms with van der Waals surface area (Å²) in [6, 6.07) is 5.95. The van der Waals surface area contributed by atoms with Crippen LogP contribution in [0.3, 0.4) is 0 Å². The first-order chi connectivity index (χ1) is 12.9. The van der Waals surface area contributed by atoms with Crippen LogP contribution in [0.4, 0.5) is 0 Å². The van der Waals surface area contributed by atoms with Crippen molar-refractivity contribution in [2.24, 2.45) is 10.9 Å². The summed E-state index contributed by atoms with van der Waals surface area (Å²) in [7, 11) is 6.69. The second-order valence-electron chi connectivity index (χ2n) is 6.50. The molecule has 0 bridgehead atoms. The lowest BCUT2D eigenvalue weighted by Gasteiger charge is -2.17. The minimum absolute atomic E-state index is 0.0481. The summed E-state index contributed by atoms with van der Waals surface area (Å²) in [5, 5.41) is 6.41. The highest BCUT2D eigenvalue weighted by atomic mass is 16.5. The van der Waals surface area contributed by atoms with Gasteiger partial charge in [0.2, 0.25) is 5.91 Å². The van der Waals surface area contributed by atoms with Crippen LogP contribution < -0.4 is 20.1 Å². The van der Waals surface area contributed by atoms with Gasteiger partial charge in [0, 0.05) is 27.2 Å². The van der Waals surface area contributed by atoms with Crippen LogP contribution in [0.2, 0.25) is 0 Å². The average molecular weight is 377 g/mol. The predicted molar refractivity (Wildman–Crippen MR) is 110 cm³/mol. The van der Waals surface area contributed by atoms with Crippen molar-refractivity contribution < 1.29 is 14.3 Å². The normalized spacial score (nSPS) is 12.1. The fourth-order valence-corrected chi connectivity index (χ4v) is 2.38. The molecule has 0 saturated heterocycles. The molecule has 7 nitrogen and oxygen atoms in total. The van der Waals surface area contributed by atoms with E-state index < -0.39 is 0 Å².